The van der Waals surface area contributed by atoms with Crippen LogP contribution >= 0.6 is 11.3 Å². The fourth-order valence-electron chi connectivity index (χ4n) is 3.23. The topological polar surface area (TPSA) is 45.2 Å². The Morgan fingerprint density at radius 1 is 1.11 bits per heavy atom. The van der Waals surface area contributed by atoms with E-state index in [1.807, 2.05) is 35.7 Å². The molecule has 5 heteroatoms. The molecular weight excluding hydrogens is 366 g/mol. The second-order valence-corrected chi connectivity index (χ2v) is 7.99. The van der Waals surface area contributed by atoms with Crippen LogP contribution in [0.1, 0.15) is 37.0 Å². The highest BCUT2D eigenvalue weighted by Gasteiger charge is 2.11. The quantitative estimate of drug-likeness (QED) is 0.576. The van der Waals surface area contributed by atoms with Gasteiger partial charge in [-0.2, -0.15) is 0 Å². The number of carbonyl (C=O) groups excluding carboxylic acids is 1. The summed E-state index contributed by atoms with van der Waals surface area (Å²) in [5, 5.41) is 5.98. The lowest BCUT2D eigenvalue weighted by molar-refractivity contribution is -0.115. The summed E-state index contributed by atoms with van der Waals surface area (Å²) in [7, 11) is 0. The number of amides is 1. The van der Waals surface area contributed by atoms with Gasteiger partial charge in [-0.05, 0) is 50.6 Å². The van der Waals surface area contributed by atoms with E-state index in [1.165, 1.54) is 11.3 Å². The van der Waals surface area contributed by atoms with Crippen LogP contribution in [0.2, 0.25) is 0 Å². The third kappa shape index (κ3) is 5.42. The highest BCUT2D eigenvalue weighted by molar-refractivity contribution is 7.09. The predicted octanol–water partition coefficient (Wildman–Crippen LogP) is 5.15. The first-order valence-electron chi connectivity index (χ1n) is 9.69. The van der Waals surface area contributed by atoms with Gasteiger partial charge < -0.3 is 10.2 Å². The molecule has 0 aliphatic carbocycles. The Balaban J connectivity index is 1.56. The molecular formula is C23H27N3OS. The summed E-state index contributed by atoms with van der Waals surface area (Å²) < 4.78 is 0. The van der Waals surface area contributed by atoms with Crippen molar-refractivity contribution in [3.63, 3.8) is 0 Å². The first-order chi connectivity index (χ1) is 13.5. The molecule has 0 atom stereocenters. The van der Waals surface area contributed by atoms with Crippen LogP contribution in [0.25, 0.3) is 0 Å². The van der Waals surface area contributed by atoms with Crippen molar-refractivity contribution in [3.8, 4) is 0 Å². The van der Waals surface area contributed by atoms with Crippen molar-refractivity contribution in [3.05, 3.63) is 76.2 Å². The minimum Gasteiger partial charge on any atom is -0.369 e. The van der Waals surface area contributed by atoms with Gasteiger partial charge >= 0.3 is 0 Å². The molecule has 3 rings (SSSR count). The average molecular weight is 394 g/mol. The molecule has 28 heavy (non-hydrogen) atoms. The van der Waals surface area contributed by atoms with Gasteiger partial charge in [-0.3, -0.25) is 4.79 Å². The molecule has 1 amide bonds. The molecule has 2 aromatic carbocycles. The number of carbonyl (C=O) groups is 1. The predicted molar refractivity (Wildman–Crippen MR) is 118 cm³/mol. The number of hydrogen-bond acceptors (Lipinski definition) is 4. The van der Waals surface area contributed by atoms with Crippen LogP contribution in [0.5, 0.6) is 0 Å². The van der Waals surface area contributed by atoms with Crippen LogP contribution in [0.3, 0.4) is 0 Å². The van der Waals surface area contributed by atoms with Crippen LogP contribution in [0, 0.1) is 0 Å². The van der Waals surface area contributed by atoms with Crippen molar-refractivity contribution in [2.45, 2.75) is 39.7 Å². The zero-order valence-electron chi connectivity index (χ0n) is 16.7. The molecule has 0 radical (unpaired) electrons. The van der Waals surface area contributed by atoms with Gasteiger partial charge in [-0.15, -0.1) is 11.3 Å². The second kappa shape index (κ2) is 9.51. The molecule has 1 aromatic heterocycles. The van der Waals surface area contributed by atoms with Crippen molar-refractivity contribution in [1.82, 2.24) is 4.98 Å². The average Bonchev–Trinajstić information content (AvgIpc) is 3.11. The number of nitrogens with one attached hydrogen (secondary N) is 1. The zero-order valence-corrected chi connectivity index (χ0v) is 17.5. The molecule has 1 N–H and O–H groups in total. The number of anilines is 2. The van der Waals surface area contributed by atoms with Gasteiger partial charge in [0.25, 0.3) is 0 Å². The SMILES string of the molecule is CCN(c1ccc(NC(=O)Cc2csc(Cc3ccccc3)n2)cc1)C(C)C. The Bertz CT molecular complexity index is 888. The van der Waals surface area contributed by atoms with Gasteiger partial charge in [0.05, 0.1) is 17.1 Å². The highest BCUT2D eigenvalue weighted by Crippen LogP contribution is 2.20. The van der Waals surface area contributed by atoms with Gasteiger partial charge in [-0.1, -0.05) is 30.3 Å². The minimum absolute atomic E-state index is 0.0412. The summed E-state index contributed by atoms with van der Waals surface area (Å²) in [6.45, 7) is 7.46. The summed E-state index contributed by atoms with van der Waals surface area (Å²) >= 11 is 1.61. The van der Waals surface area contributed by atoms with Crippen LogP contribution < -0.4 is 10.2 Å². The maximum Gasteiger partial charge on any atom is 0.230 e. The van der Waals surface area contributed by atoms with Crippen molar-refractivity contribution in [1.29, 1.82) is 0 Å². The molecule has 0 aliphatic rings. The molecule has 3 aromatic rings. The largest absolute Gasteiger partial charge is 0.369 e. The first kappa shape index (κ1) is 20.1. The van der Waals surface area contributed by atoms with Crippen LogP contribution in [-0.4, -0.2) is 23.5 Å². The fraction of sp³-hybridized carbons (Fsp3) is 0.304. The smallest absolute Gasteiger partial charge is 0.230 e. The Hall–Kier alpha value is -2.66. The standard InChI is InChI=1S/C23H27N3OS/c1-4-26(17(2)3)21-12-10-19(11-13-21)24-22(27)15-20-16-28-23(25-20)14-18-8-6-5-7-9-18/h5-13,16-17H,4,14-15H2,1-3H3,(H,24,27). The molecule has 0 unspecified atom stereocenters. The van der Waals surface area contributed by atoms with Gasteiger partial charge in [-0.25, -0.2) is 4.98 Å². The highest BCUT2D eigenvalue weighted by atomic mass is 32.1. The Morgan fingerprint density at radius 3 is 2.46 bits per heavy atom. The van der Waals surface area contributed by atoms with Gasteiger partial charge in [0.1, 0.15) is 0 Å². The number of thiazole rings is 1. The number of nitrogens with zero attached hydrogens (tertiary/aromatic N) is 2. The number of hydrogen-bond donors (Lipinski definition) is 1. The molecule has 0 saturated carbocycles. The van der Waals surface area contributed by atoms with E-state index in [0.29, 0.717) is 12.5 Å². The van der Waals surface area contributed by atoms with E-state index in [0.717, 1.165) is 29.4 Å². The van der Waals surface area contributed by atoms with Crippen LogP contribution in [-0.2, 0) is 17.6 Å². The van der Waals surface area contributed by atoms with Crippen molar-refractivity contribution >= 4 is 28.6 Å². The van der Waals surface area contributed by atoms with E-state index in [2.05, 4.69) is 60.2 Å². The first-order valence-corrected chi connectivity index (χ1v) is 10.6. The fourth-order valence-corrected chi connectivity index (χ4v) is 4.06. The summed E-state index contributed by atoms with van der Waals surface area (Å²) in [5.74, 6) is -0.0412. The lowest BCUT2D eigenvalue weighted by Crippen LogP contribution is -2.30. The monoisotopic (exact) mass is 393 g/mol. The number of rotatable bonds is 8. The summed E-state index contributed by atoms with van der Waals surface area (Å²) in [6.07, 6.45) is 1.10. The van der Waals surface area contributed by atoms with Crippen LogP contribution in [0.15, 0.2) is 60.0 Å². The summed E-state index contributed by atoms with van der Waals surface area (Å²) in [4.78, 5) is 19.3. The molecule has 0 bridgehead atoms. The Morgan fingerprint density at radius 2 is 1.82 bits per heavy atom. The molecule has 0 fully saturated rings. The van der Waals surface area contributed by atoms with E-state index in [4.69, 9.17) is 0 Å². The Kier molecular flexibility index (Phi) is 6.82. The summed E-state index contributed by atoms with van der Waals surface area (Å²) in [5.41, 5.74) is 4.03. The Labute approximate surface area is 171 Å². The van der Waals surface area contributed by atoms with Gasteiger partial charge in [0.15, 0.2) is 0 Å². The van der Waals surface area contributed by atoms with E-state index < -0.39 is 0 Å². The van der Waals surface area contributed by atoms with Crippen molar-refractivity contribution in [2.75, 3.05) is 16.8 Å². The minimum atomic E-state index is -0.0412. The van der Waals surface area contributed by atoms with E-state index >= 15 is 0 Å². The second-order valence-electron chi connectivity index (χ2n) is 7.05. The van der Waals surface area contributed by atoms with Crippen molar-refractivity contribution < 1.29 is 4.79 Å². The summed E-state index contributed by atoms with van der Waals surface area (Å²) in [6, 6.07) is 18.7. The third-order valence-electron chi connectivity index (χ3n) is 4.59. The maximum absolute atomic E-state index is 12.4. The molecule has 0 aliphatic heterocycles. The van der Waals surface area contributed by atoms with Gasteiger partial charge in [0.2, 0.25) is 5.91 Å². The maximum atomic E-state index is 12.4. The van der Waals surface area contributed by atoms with Gasteiger partial charge in [0, 0.05) is 35.8 Å². The third-order valence-corrected chi connectivity index (χ3v) is 5.48. The lowest BCUT2D eigenvalue weighted by atomic mass is 10.2. The zero-order chi connectivity index (χ0) is 19.9. The number of benzene rings is 2. The lowest BCUT2D eigenvalue weighted by Gasteiger charge is -2.27. The molecule has 0 spiro atoms. The van der Waals surface area contributed by atoms with E-state index in [-0.39, 0.29) is 5.91 Å². The molecule has 146 valence electrons. The van der Waals surface area contributed by atoms with Crippen molar-refractivity contribution in [2.24, 2.45) is 0 Å². The van der Waals surface area contributed by atoms with Crippen LogP contribution in [0.4, 0.5) is 11.4 Å². The number of aromatic nitrogens is 1. The normalized spacial score (nSPS) is 10.9. The molecule has 4 nitrogen and oxygen atoms in total. The van der Waals surface area contributed by atoms with E-state index in [1.54, 1.807) is 11.3 Å². The van der Waals surface area contributed by atoms with E-state index in [9.17, 15) is 4.79 Å². The molecule has 1 heterocycles. The molecule has 0 saturated heterocycles.